The molecule has 0 aromatic rings. The lowest BCUT2D eigenvalue weighted by Crippen LogP contribution is -2.66. The number of carbonyl (C=O) groups excluding carboxylic acids is 4. The van der Waals surface area contributed by atoms with Crippen molar-refractivity contribution in [2.24, 2.45) is 0 Å². The van der Waals surface area contributed by atoms with Crippen molar-refractivity contribution in [2.75, 3.05) is 13.2 Å². The highest BCUT2D eigenvalue weighted by Gasteiger charge is 2.51. The standard InChI is InChI=1S/C24H37NO9/c1-14(2)9-8-10-15(3)11-12-30-24-21(25-16(4)26)23(33-19(7)29)22(32-18(6)28)20(34-24)13-31-17(5)27/h9,11,20-24H,8,10,12-13H2,1-7H3,(H,25,26)/b15-11+/t20-,21-,22-,23-,24?/m1/s1. The molecular weight excluding hydrogens is 446 g/mol. The molecule has 1 amide bonds. The SMILES string of the molecule is CC(=O)N[C@H]1C(OC/C=C(\C)CCC=C(C)C)O[C@H](COC(C)=O)[C@@H](OC(C)=O)[C@@H]1OC(C)=O. The molecule has 1 saturated heterocycles. The lowest BCUT2D eigenvalue weighted by molar-refractivity contribution is -0.275. The molecule has 1 aliphatic heterocycles. The molecule has 1 unspecified atom stereocenters. The van der Waals surface area contributed by atoms with Gasteiger partial charge in [-0.1, -0.05) is 23.3 Å². The van der Waals surface area contributed by atoms with Crippen molar-refractivity contribution in [3.8, 4) is 0 Å². The van der Waals surface area contributed by atoms with Crippen molar-refractivity contribution in [3.05, 3.63) is 23.3 Å². The van der Waals surface area contributed by atoms with Crippen LogP contribution in [-0.4, -0.2) is 67.7 Å². The number of ether oxygens (including phenoxy) is 5. The number of nitrogens with one attached hydrogen (secondary N) is 1. The molecule has 0 aromatic carbocycles. The van der Waals surface area contributed by atoms with Gasteiger partial charge in [-0.05, 0) is 33.6 Å². The van der Waals surface area contributed by atoms with Crippen LogP contribution in [0.25, 0.3) is 0 Å². The third-order valence-electron chi connectivity index (χ3n) is 4.85. The molecule has 0 spiro atoms. The monoisotopic (exact) mass is 483 g/mol. The molecule has 192 valence electrons. The average molecular weight is 484 g/mol. The second-order valence-electron chi connectivity index (χ2n) is 8.42. The van der Waals surface area contributed by atoms with Crippen LogP contribution in [0.4, 0.5) is 0 Å². The topological polar surface area (TPSA) is 126 Å². The number of hydrogen-bond donors (Lipinski definition) is 1. The predicted octanol–water partition coefficient (Wildman–Crippen LogP) is 2.35. The summed E-state index contributed by atoms with van der Waals surface area (Å²) in [6.07, 6.45) is 1.47. The molecule has 1 aliphatic rings. The van der Waals surface area contributed by atoms with Crippen LogP contribution in [0, 0.1) is 0 Å². The molecular formula is C24H37NO9. The van der Waals surface area contributed by atoms with Crippen LogP contribution in [-0.2, 0) is 42.9 Å². The molecule has 10 heteroatoms. The molecule has 0 radical (unpaired) electrons. The van der Waals surface area contributed by atoms with Gasteiger partial charge in [0.2, 0.25) is 5.91 Å². The van der Waals surface area contributed by atoms with Gasteiger partial charge in [0.05, 0.1) is 6.61 Å². The van der Waals surface area contributed by atoms with E-state index in [0.717, 1.165) is 18.4 Å². The fourth-order valence-electron chi connectivity index (χ4n) is 3.41. The Balaban J connectivity index is 3.15. The summed E-state index contributed by atoms with van der Waals surface area (Å²) < 4.78 is 27.7. The minimum atomic E-state index is -1.14. The van der Waals surface area contributed by atoms with Crippen LogP contribution >= 0.6 is 0 Å². The van der Waals surface area contributed by atoms with E-state index in [-0.39, 0.29) is 13.2 Å². The zero-order valence-electron chi connectivity index (χ0n) is 21.0. The normalized spacial score (nSPS) is 24.6. The van der Waals surface area contributed by atoms with Crippen molar-refractivity contribution in [1.29, 1.82) is 0 Å². The zero-order chi connectivity index (χ0) is 25.8. The van der Waals surface area contributed by atoms with E-state index in [9.17, 15) is 19.2 Å². The first-order valence-electron chi connectivity index (χ1n) is 11.2. The molecule has 1 fully saturated rings. The second kappa shape index (κ2) is 14.5. The van der Waals surface area contributed by atoms with Crippen LogP contribution in [0.1, 0.15) is 61.3 Å². The first kappa shape index (κ1) is 29.3. The molecule has 10 nitrogen and oxygen atoms in total. The van der Waals surface area contributed by atoms with E-state index in [1.165, 1.54) is 33.3 Å². The van der Waals surface area contributed by atoms with Crippen molar-refractivity contribution in [2.45, 2.75) is 92.0 Å². The Kier molecular flexibility index (Phi) is 12.5. The summed E-state index contributed by atoms with van der Waals surface area (Å²) in [5.74, 6) is -2.30. The van der Waals surface area contributed by atoms with E-state index in [1.807, 2.05) is 26.8 Å². The first-order valence-corrected chi connectivity index (χ1v) is 11.2. The van der Waals surface area contributed by atoms with E-state index >= 15 is 0 Å². The maximum Gasteiger partial charge on any atom is 0.303 e. The van der Waals surface area contributed by atoms with Crippen LogP contribution in [0.2, 0.25) is 0 Å². The summed E-state index contributed by atoms with van der Waals surface area (Å²) in [6.45, 7) is 10.9. The highest BCUT2D eigenvalue weighted by atomic mass is 16.7. The lowest BCUT2D eigenvalue weighted by Gasteiger charge is -2.44. The average Bonchev–Trinajstić information content (AvgIpc) is 2.69. The van der Waals surface area contributed by atoms with Crippen LogP contribution in [0.5, 0.6) is 0 Å². The van der Waals surface area contributed by atoms with Gasteiger partial charge in [0.25, 0.3) is 0 Å². The Labute approximate surface area is 201 Å². The summed E-state index contributed by atoms with van der Waals surface area (Å²) in [6, 6.07) is -0.973. The van der Waals surface area contributed by atoms with E-state index in [2.05, 4.69) is 11.4 Å². The minimum Gasteiger partial charge on any atom is -0.463 e. The summed E-state index contributed by atoms with van der Waals surface area (Å²) in [5.41, 5.74) is 2.35. The highest BCUT2D eigenvalue weighted by Crippen LogP contribution is 2.28. The van der Waals surface area contributed by atoms with Gasteiger partial charge in [0.15, 0.2) is 18.5 Å². The Bertz CT molecular complexity index is 785. The summed E-state index contributed by atoms with van der Waals surface area (Å²) in [5, 5.41) is 2.67. The van der Waals surface area contributed by atoms with E-state index in [1.54, 1.807) is 0 Å². The number of amides is 1. The quantitative estimate of drug-likeness (QED) is 0.268. The number of esters is 3. The third-order valence-corrected chi connectivity index (χ3v) is 4.85. The van der Waals surface area contributed by atoms with Crippen molar-refractivity contribution < 1.29 is 42.9 Å². The molecule has 1 rings (SSSR count). The molecule has 34 heavy (non-hydrogen) atoms. The number of allylic oxidation sites excluding steroid dienone is 3. The Morgan fingerprint density at radius 1 is 0.853 bits per heavy atom. The van der Waals surface area contributed by atoms with Gasteiger partial charge in [0.1, 0.15) is 18.8 Å². The fraction of sp³-hybridized carbons (Fsp3) is 0.667. The summed E-state index contributed by atoms with van der Waals surface area (Å²) in [4.78, 5) is 46.9. The predicted molar refractivity (Wildman–Crippen MR) is 122 cm³/mol. The number of rotatable bonds is 11. The first-order chi connectivity index (χ1) is 15.9. The van der Waals surface area contributed by atoms with E-state index in [4.69, 9.17) is 23.7 Å². The van der Waals surface area contributed by atoms with Crippen LogP contribution in [0.3, 0.4) is 0 Å². The molecule has 1 heterocycles. The molecule has 5 atom stereocenters. The van der Waals surface area contributed by atoms with Gasteiger partial charge in [-0.3, -0.25) is 19.2 Å². The smallest absolute Gasteiger partial charge is 0.303 e. The second-order valence-corrected chi connectivity index (χ2v) is 8.42. The van der Waals surface area contributed by atoms with Gasteiger partial charge in [-0.25, -0.2) is 0 Å². The number of hydrogen-bond acceptors (Lipinski definition) is 9. The van der Waals surface area contributed by atoms with Crippen molar-refractivity contribution >= 4 is 23.8 Å². The Morgan fingerprint density at radius 2 is 1.47 bits per heavy atom. The van der Waals surface area contributed by atoms with Gasteiger partial charge in [0, 0.05) is 27.7 Å². The zero-order valence-corrected chi connectivity index (χ0v) is 21.0. The highest BCUT2D eigenvalue weighted by molar-refractivity contribution is 5.73. The maximum atomic E-state index is 11.9. The van der Waals surface area contributed by atoms with Crippen LogP contribution < -0.4 is 5.32 Å². The van der Waals surface area contributed by atoms with Crippen LogP contribution in [0.15, 0.2) is 23.3 Å². The van der Waals surface area contributed by atoms with Gasteiger partial charge < -0.3 is 29.0 Å². The van der Waals surface area contributed by atoms with Gasteiger partial charge >= 0.3 is 17.9 Å². The van der Waals surface area contributed by atoms with Crippen molar-refractivity contribution in [3.63, 3.8) is 0 Å². The van der Waals surface area contributed by atoms with E-state index < -0.39 is 54.5 Å². The lowest BCUT2D eigenvalue weighted by atomic mass is 9.96. The molecule has 0 bridgehead atoms. The number of carbonyl (C=O) groups is 4. The Morgan fingerprint density at radius 3 is 2.00 bits per heavy atom. The third kappa shape index (κ3) is 10.9. The molecule has 0 saturated carbocycles. The minimum absolute atomic E-state index is 0.159. The molecule has 0 aromatic heterocycles. The van der Waals surface area contributed by atoms with Gasteiger partial charge in [-0.15, -0.1) is 0 Å². The van der Waals surface area contributed by atoms with Crippen molar-refractivity contribution in [1.82, 2.24) is 5.32 Å². The van der Waals surface area contributed by atoms with Gasteiger partial charge in [-0.2, -0.15) is 0 Å². The molecule has 1 N–H and O–H groups in total. The largest absolute Gasteiger partial charge is 0.463 e. The summed E-state index contributed by atoms with van der Waals surface area (Å²) in [7, 11) is 0. The molecule has 0 aliphatic carbocycles. The van der Waals surface area contributed by atoms with E-state index in [0.29, 0.717) is 0 Å². The Hall–Kier alpha value is -2.72. The summed E-state index contributed by atoms with van der Waals surface area (Å²) >= 11 is 0. The maximum absolute atomic E-state index is 11.9. The fourth-order valence-corrected chi connectivity index (χ4v) is 3.41.